The molecule has 0 spiro atoms. The predicted octanol–water partition coefficient (Wildman–Crippen LogP) is 3.31. The minimum atomic E-state index is -0.351. The lowest BCUT2D eigenvalue weighted by Gasteiger charge is -2.23. The Morgan fingerprint density at radius 2 is 1.86 bits per heavy atom. The molecule has 146 valence electrons. The number of amides is 1. The average Bonchev–Trinajstić information content (AvgIpc) is 3.05. The molecular formula is C21H24N4O2S. The molecule has 0 radical (unpaired) electrons. The van der Waals surface area contributed by atoms with Crippen LogP contribution in [0.5, 0.6) is 0 Å². The fourth-order valence-corrected chi connectivity index (χ4v) is 3.99. The summed E-state index contributed by atoms with van der Waals surface area (Å²) in [5.41, 5.74) is 5.91. The van der Waals surface area contributed by atoms with E-state index in [9.17, 15) is 9.59 Å². The van der Waals surface area contributed by atoms with Crippen molar-refractivity contribution in [2.45, 2.75) is 46.7 Å². The number of carbonyl (C=O) groups excluding carboxylic acids is 1. The molecule has 28 heavy (non-hydrogen) atoms. The average molecular weight is 397 g/mol. The zero-order valence-electron chi connectivity index (χ0n) is 16.4. The van der Waals surface area contributed by atoms with Crippen LogP contribution in [0.3, 0.4) is 0 Å². The van der Waals surface area contributed by atoms with Gasteiger partial charge in [0.05, 0.1) is 17.7 Å². The third-order valence-corrected chi connectivity index (χ3v) is 5.71. The topological polar surface area (TPSA) is 79.0 Å². The fraction of sp³-hybridized carbons (Fsp3) is 0.333. The van der Waals surface area contributed by atoms with Gasteiger partial charge in [0.25, 0.3) is 0 Å². The summed E-state index contributed by atoms with van der Waals surface area (Å²) in [6, 6.07) is 9.99. The normalized spacial score (nSPS) is 10.8. The minimum absolute atomic E-state index is 0.0710. The maximum Gasteiger partial charge on any atom is 0.345 e. The second kappa shape index (κ2) is 8.93. The molecule has 0 saturated heterocycles. The zero-order chi connectivity index (χ0) is 20.1. The third kappa shape index (κ3) is 4.92. The highest BCUT2D eigenvalue weighted by atomic mass is 32.1. The van der Waals surface area contributed by atoms with Gasteiger partial charge >= 0.3 is 5.69 Å². The number of aromatic nitrogens is 3. The van der Waals surface area contributed by atoms with Crippen LogP contribution in [0.15, 0.2) is 40.6 Å². The number of carbonyl (C=O) groups is 1. The number of nitrogens with one attached hydrogen (secondary N) is 1. The lowest BCUT2D eigenvalue weighted by molar-refractivity contribution is -0.132. The van der Waals surface area contributed by atoms with Gasteiger partial charge in [-0.15, -0.1) is 11.3 Å². The molecule has 0 saturated carbocycles. The number of aryl methyl sites for hydroxylation is 3. The van der Waals surface area contributed by atoms with E-state index in [1.54, 1.807) is 11.3 Å². The van der Waals surface area contributed by atoms with Crippen LogP contribution in [0.2, 0.25) is 0 Å². The number of nitrogens with zero attached hydrogens (tertiary/aromatic N) is 3. The van der Waals surface area contributed by atoms with E-state index in [1.807, 2.05) is 61.5 Å². The molecule has 0 aliphatic heterocycles. The van der Waals surface area contributed by atoms with Crippen molar-refractivity contribution in [3.63, 3.8) is 0 Å². The molecule has 0 fully saturated rings. The molecule has 0 atom stereocenters. The monoisotopic (exact) mass is 396 g/mol. The first-order chi connectivity index (χ1) is 13.4. The van der Waals surface area contributed by atoms with E-state index in [0.29, 0.717) is 31.6 Å². The number of benzene rings is 1. The van der Waals surface area contributed by atoms with Crippen molar-refractivity contribution < 1.29 is 4.79 Å². The lowest BCUT2D eigenvalue weighted by atomic mass is 10.1. The molecule has 1 N–H and O–H groups in total. The minimum Gasteiger partial charge on any atom is -0.333 e. The molecule has 7 heteroatoms. The number of aromatic amines is 1. The van der Waals surface area contributed by atoms with Crippen LogP contribution in [0.1, 0.15) is 39.5 Å². The molecule has 1 amide bonds. The van der Waals surface area contributed by atoms with Gasteiger partial charge in [0.2, 0.25) is 5.91 Å². The van der Waals surface area contributed by atoms with Crippen LogP contribution in [0, 0.1) is 20.8 Å². The molecule has 2 heterocycles. The van der Waals surface area contributed by atoms with Crippen LogP contribution < -0.4 is 5.69 Å². The van der Waals surface area contributed by atoms with Crippen molar-refractivity contribution >= 4 is 17.2 Å². The first-order valence-corrected chi connectivity index (χ1v) is 10.1. The highest BCUT2D eigenvalue weighted by Crippen LogP contribution is 2.19. The summed E-state index contributed by atoms with van der Waals surface area (Å²) in [6.45, 7) is 6.73. The van der Waals surface area contributed by atoms with Gasteiger partial charge < -0.3 is 9.88 Å². The van der Waals surface area contributed by atoms with E-state index in [4.69, 9.17) is 0 Å². The Morgan fingerprint density at radius 3 is 2.50 bits per heavy atom. The highest BCUT2D eigenvalue weighted by molar-refractivity contribution is 7.09. The van der Waals surface area contributed by atoms with Crippen molar-refractivity contribution in [3.05, 3.63) is 79.4 Å². The van der Waals surface area contributed by atoms with Gasteiger partial charge in [-0.25, -0.2) is 9.78 Å². The second-order valence-corrected chi connectivity index (χ2v) is 7.77. The van der Waals surface area contributed by atoms with E-state index >= 15 is 0 Å². The summed E-state index contributed by atoms with van der Waals surface area (Å²) in [5.74, 6) is 0.0710. The van der Waals surface area contributed by atoms with Gasteiger partial charge in [0.1, 0.15) is 0 Å². The maximum absolute atomic E-state index is 13.1. The van der Waals surface area contributed by atoms with Gasteiger partial charge in [-0.2, -0.15) is 4.98 Å². The Labute approximate surface area is 168 Å². The van der Waals surface area contributed by atoms with E-state index in [2.05, 4.69) is 15.0 Å². The van der Waals surface area contributed by atoms with Crippen LogP contribution in [0.25, 0.3) is 0 Å². The number of thiazole rings is 1. The van der Waals surface area contributed by atoms with Gasteiger partial charge in [-0.3, -0.25) is 4.79 Å². The van der Waals surface area contributed by atoms with E-state index in [0.717, 1.165) is 27.4 Å². The zero-order valence-corrected chi connectivity index (χ0v) is 17.2. The smallest absolute Gasteiger partial charge is 0.333 e. The van der Waals surface area contributed by atoms with Crippen molar-refractivity contribution in [1.82, 2.24) is 19.9 Å². The van der Waals surface area contributed by atoms with Gasteiger partial charge in [-0.1, -0.05) is 30.3 Å². The van der Waals surface area contributed by atoms with Gasteiger partial charge in [0, 0.05) is 29.2 Å². The summed E-state index contributed by atoms with van der Waals surface area (Å²) < 4.78 is 0. The standard InChI is InChI=1S/C21H24N4O2S/c1-14-18(15(2)24-21(27)23-14)9-10-20(26)25(11-17-7-5-4-6-8-17)12-19-16(3)22-13-28-19/h4-8,13H,9-12H2,1-3H3,(H,23,24,27). The second-order valence-electron chi connectivity index (χ2n) is 6.83. The summed E-state index contributed by atoms with van der Waals surface area (Å²) in [6.07, 6.45) is 0.910. The van der Waals surface area contributed by atoms with Crippen LogP contribution in [-0.2, 0) is 24.3 Å². The quantitative estimate of drug-likeness (QED) is 0.664. The van der Waals surface area contributed by atoms with E-state index in [-0.39, 0.29) is 11.6 Å². The Hall–Kier alpha value is -2.80. The van der Waals surface area contributed by atoms with Crippen molar-refractivity contribution in [3.8, 4) is 0 Å². The molecule has 3 aromatic rings. The van der Waals surface area contributed by atoms with Crippen LogP contribution in [-0.4, -0.2) is 25.8 Å². The number of hydrogen-bond acceptors (Lipinski definition) is 5. The summed E-state index contributed by atoms with van der Waals surface area (Å²) in [7, 11) is 0. The summed E-state index contributed by atoms with van der Waals surface area (Å²) in [5, 5.41) is 0. The van der Waals surface area contributed by atoms with Gasteiger partial charge in [0.15, 0.2) is 0 Å². The van der Waals surface area contributed by atoms with Crippen LogP contribution in [0.4, 0.5) is 0 Å². The summed E-state index contributed by atoms with van der Waals surface area (Å²) in [4.78, 5) is 38.5. The Kier molecular flexibility index (Phi) is 6.36. The first kappa shape index (κ1) is 19.9. The molecule has 3 rings (SSSR count). The SMILES string of the molecule is Cc1ncsc1CN(Cc1ccccc1)C(=O)CCc1c(C)nc(=O)[nH]c1C. The Balaban J connectivity index is 1.76. The Morgan fingerprint density at radius 1 is 1.11 bits per heavy atom. The lowest BCUT2D eigenvalue weighted by Crippen LogP contribution is -2.30. The predicted molar refractivity (Wildman–Crippen MR) is 110 cm³/mol. The molecule has 6 nitrogen and oxygen atoms in total. The third-order valence-electron chi connectivity index (χ3n) is 4.79. The van der Waals surface area contributed by atoms with Crippen molar-refractivity contribution in [2.75, 3.05) is 0 Å². The molecule has 0 bridgehead atoms. The summed E-state index contributed by atoms with van der Waals surface area (Å²) >= 11 is 1.57. The van der Waals surface area contributed by atoms with Crippen LogP contribution >= 0.6 is 11.3 Å². The van der Waals surface area contributed by atoms with E-state index < -0.39 is 0 Å². The molecule has 0 unspecified atom stereocenters. The maximum atomic E-state index is 13.1. The molecule has 0 aliphatic carbocycles. The molecule has 1 aromatic carbocycles. The van der Waals surface area contributed by atoms with Crippen molar-refractivity contribution in [2.24, 2.45) is 0 Å². The molecule has 2 aromatic heterocycles. The Bertz CT molecular complexity index is 984. The first-order valence-electron chi connectivity index (χ1n) is 9.21. The fourth-order valence-electron chi connectivity index (χ4n) is 3.20. The number of rotatable bonds is 7. The van der Waals surface area contributed by atoms with E-state index in [1.165, 1.54) is 0 Å². The van der Waals surface area contributed by atoms with Crippen molar-refractivity contribution in [1.29, 1.82) is 0 Å². The van der Waals surface area contributed by atoms with Gasteiger partial charge in [-0.05, 0) is 38.3 Å². The number of H-pyrrole nitrogens is 1. The number of hydrogen-bond donors (Lipinski definition) is 1. The highest BCUT2D eigenvalue weighted by Gasteiger charge is 2.18. The molecule has 0 aliphatic rings. The molecular weight excluding hydrogens is 372 g/mol. The largest absolute Gasteiger partial charge is 0.345 e.